The van der Waals surface area contributed by atoms with E-state index in [1.54, 1.807) is 24.3 Å². The van der Waals surface area contributed by atoms with Crippen LogP contribution in [0, 0.1) is 0 Å². The first-order valence-electron chi connectivity index (χ1n) is 9.25. The zero-order valence-electron chi connectivity index (χ0n) is 16.4. The SMILES string of the molecule is CC[C@H](C)c1ccc(C(=O)COC(=O)/C(=C/c2ccccc2)NC(C)=O)cc1. The summed E-state index contributed by atoms with van der Waals surface area (Å²) in [5, 5.41) is 2.45. The van der Waals surface area contributed by atoms with Crippen molar-refractivity contribution >= 4 is 23.7 Å². The molecule has 2 rings (SSSR count). The largest absolute Gasteiger partial charge is 0.453 e. The van der Waals surface area contributed by atoms with Gasteiger partial charge in [0.1, 0.15) is 5.70 Å². The lowest BCUT2D eigenvalue weighted by Crippen LogP contribution is -2.27. The third-order valence-corrected chi connectivity index (χ3v) is 4.39. The highest BCUT2D eigenvalue weighted by atomic mass is 16.5. The molecule has 0 aliphatic rings. The molecule has 0 spiro atoms. The Balaban J connectivity index is 2.04. The molecular formula is C23H25NO4. The van der Waals surface area contributed by atoms with Crippen LogP contribution in [0.2, 0.25) is 0 Å². The fourth-order valence-corrected chi connectivity index (χ4v) is 2.58. The second kappa shape index (κ2) is 10.2. The summed E-state index contributed by atoms with van der Waals surface area (Å²) < 4.78 is 5.12. The van der Waals surface area contributed by atoms with E-state index in [2.05, 4.69) is 19.2 Å². The molecule has 0 saturated carbocycles. The number of carbonyl (C=O) groups excluding carboxylic acids is 3. The summed E-state index contributed by atoms with van der Waals surface area (Å²) in [5.41, 5.74) is 2.36. The Morgan fingerprint density at radius 1 is 1.04 bits per heavy atom. The number of carbonyl (C=O) groups is 3. The zero-order valence-corrected chi connectivity index (χ0v) is 16.4. The fraction of sp³-hybridized carbons (Fsp3) is 0.261. The number of benzene rings is 2. The summed E-state index contributed by atoms with van der Waals surface area (Å²) in [6.07, 6.45) is 2.53. The third kappa shape index (κ3) is 6.20. The number of ether oxygens (including phenoxy) is 1. The number of amides is 1. The van der Waals surface area contributed by atoms with Crippen LogP contribution in [-0.4, -0.2) is 24.3 Å². The maximum Gasteiger partial charge on any atom is 0.355 e. The molecule has 0 aliphatic carbocycles. The highest BCUT2D eigenvalue weighted by Crippen LogP contribution is 2.19. The van der Waals surface area contributed by atoms with E-state index in [1.807, 2.05) is 30.3 Å². The average molecular weight is 379 g/mol. The van der Waals surface area contributed by atoms with E-state index in [0.717, 1.165) is 17.5 Å². The third-order valence-electron chi connectivity index (χ3n) is 4.39. The first-order valence-corrected chi connectivity index (χ1v) is 9.25. The van der Waals surface area contributed by atoms with E-state index in [4.69, 9.17) is 4.74 Å². The quantitative estimate of drug-likeness (QED) is 0.426. The van der Waals surface area contributed by atoms with Gasteiger partial charge in [-0.2, -0.15) is 0 Å². The minimum Gasteiger partial charge on any atom is -0.453 e. The van der Waals surface area contributed by atoms with Gasteiger partial charge in [-0.1, -0.05) is 68.4 Å². The van der Waals surface area contributed by atoms with Crippen LogP contribution in [0.1, 0.15) is 54.6 Å². The van der Waals surface area contributed by atoms with Gasteiger partial charge >= 0.3 is 5.97 Å². The predicted molar refractivity (Wildman–Crippen MR) is 109 cm³/mol. The highest BCUT2D eigenvalue weighted by Gasteiger charge is 2.16. The van der Waals surface area contributed by atoms with Gasteiger partial charge < -0.3 is 10.1 Å². The molecule has 1 amide bonds. The Hall–Kier alpha value is -3.21. The molecule has 5 nitrogen and oxygen atoms in total. The lowest BCUT2D eigenvalue weighted by atomic mass is 9.97. The lowest BCUT2D eigenvalue weighted by molar-refractivity contribution is -0.139. The Morgan fingerprint density at radius 3 is 2.25 bits per heavy atom. The molecule has 0 radical (unpaired) electrons. The summed E-state index contributed by atoms with van der Waals surface area (Å²) in [7, 11) is 0. The van der Waals surface area contributed by atoms with Crippen LogP contribution in [-0.2, 0) is 14.3 Å². The lowest BCUT2D eigenvalue weighted by Gasteiger charge is -2.10. The number of hydrogen-bond donors (Lipinski definition) is 1. The van der Waals surface area contributed by atoms with Crippen LogP contribution in [0.15, 0.2) is 60.3 Å². The van der Waals surface area contributed by atoms with Gasteiger partial charge in [0.15, 0.2) is 12.4 Å². The van der Waals surface area contributed by atoms with E-state index in [1.165, 1.54) is 13.0 Å². The van der Waals surface area contributed by atoms with Crippen molar-refractivity contribution in [3.63, 3.8) is 0 Å². The van der Waals surface area contributed by atoms with E-state index in [0.29, 0.717) is 11.5 Å². The number of rotatable bonds is 8. The summed E-state index contributed by atoms with van der Waals surface area (Å²) in [5.74, 6) is -1.04. The number of esters is 1. The van der Waals surface area contributed by atoms with Crippen molar-refractivity contribution < 1.29 is 19.1 Å². The first kappa shape index (κ1) is 21.1. The molecule has 5 heteroatoms. The van der Waals surface area contributed by atoms with E-state index in [9.17, 15) is 14.4 Å². The number of hydrogen-bond acceptors (Lipinski definition) is 4. The zero-order chi connectivity index (χ0) is 20.5. The summed E-state index contributed by atoms with van der Waals surface area (Å²) in [4.78, 5) is 36.1. The van der Waals surface area contributed by atoms with Gasteiger partial charge in [0, 0.05) is 12.5 Å². The maximum absolute atomic E-state index is 12.3. The van der Waals surface area contributed by atoms with Crippen LogP contribution < -0.4 is 5.32 Å². The molecule has 0 aliphatic heterocycles. The first-order chi connectivity index (χ1) is 13.4. The topological polar surface area (TPSA) is 72.5 Å². The number of nitrogens with one attached hydrogen (secondary N) is 1. The molecule has 0 aromatic heterocycles. The standard InChI is InChI=1S/C23H25NO4/c1-4-16(2)19-10-12-20(13-11-19)22(26)15-28-23(27)21(24-17(3)25)14-18-8-6-5-7-9-18/h5-14,16H,4,15H2,1-3H3,(H,24,25)/b21-14-/t16-/m0/s1. The summed E-state index contributed by atoms with van der Waals surface area (Å²) in [6, 6.07) is 16.4. The van der Waals surface area contributed by atoms with Gasteiger partial charge in [0.2, 0.25) is 5.91 Å². The monoisotopic (exact) mass is 379 g/mol. The van der Waals surface area contributed by atoms with Crippen molar-refractivity contribution in [3.8, 4) is 0 Å². The average Bonchev–Trinajstić information content (AvgIpc) is 2.71. The molecule has 2 aromatic carbocycles. The molecule has 0 heterocycles. The van der Waals surface area contributed by atoms with Gasteiger partial charge in [-0.3, -0.25) is 9.59 Å². The van der Waals surface area contributed by atoms with E-state index >= 15 is 0 Å². The van der Waals surface area contributed by atoms with Crippen molar-refractivity contribution in [2.45, 2.75) is 33.1 Å². The Bertz CT molecular complexity index is 854. The number of Topliss-reactive ketones (excluding diaryl/α,β-unsaturated/α-hetero) is 1. The normalized spacial score (nSPS) is 12.2. The molecule has 1 atom stereocenters. The van der Waals surface area contributed by atoms with Gasteiger partial charge in [0.25, 0.3) is 0 Å². The van der Waals surface area contributed by atoms with Crippen molar-refractivity contribution in [3.05, 3.63) is 77.0 Å². The van der Waals surface area contributed by atoms with Crippen LogP contribution in [0.3, 0.4) is 0 Å². The van der Waals surface area contributed by atoms with Crippen molar-refractivity contribution in [1.82, 2.24) is 5.32 Å². The molecule has 146 valence electrons. The van der Waals surface area contributed by atoms with Crippen LogP contribution in [0.4, 0.5) is 0 Å². The second-order valence-corrected chi connectivity index (χ2v) is 6.58. The van der Waals surface area contributed by atoms with Crippen LogP contribution in [0.25, 0.3) is 6.08 Å². The molecule has 0 fully saturated rings. The van der Waals surface area contributed by atoms with Gasteiger partial charge in [-0.15, -0.1) is 0 Å². The second-order valence-electron chi connectivity index (χ2n) is 6.58. The van der Waals surface area contributed by atoms with E-state index in [-0.39, 0.29) is 11.5 Å². The molecule has 2 aromatic rings. The van der Waals surface area contributed by atoms with Crippen molar-refractivity contribution in [2.24, 2.45) is 0 Å². The molecule has 0 bridgehead atoms. The summed E-state index contributed by atoms with van der Waals surface area (Å²) in [6.45, 7) is 5.14. The maximum atomic E-state index is 12.3. The fourth-order valence-electron chi connectivity index (χ4n) is 2.58. The van der Waals surface area contributed by atoms with Gasteiger partial charge in [-0.05, 0) is 29.5 Å². The molecule has 0 unspecified atom stereocenters. The van der Waals surface area contributed by atoms with Crippen molar-refractivity contribution in [1.29, 1.82) is 0 Å². The van der Waals surface area contributed by atoms with Crippen molar-refractivity contribution in [2.75, 3.05) is 6.61 Å². The molecule has 28 heavy (non-hydrogen) atoms. The molecular weight excluding hydrogens is 354 g/mol. The van der Waals surface area contributed by atoms with Crippen LogP contribution >= 0.6 is 0 Å². The van der Waals surface area contributed by atoms with Gasteiger partial charge in [-0.25, -0.2) is 4.79 Å². The molecule has 0 saturated heterocycles. The molecule has 1 N–H and O–H groups in total. The Morgan fingerprint density at radius 2 is 1.68 bits per heavy atom. The highest BCUT2D eigenvalue weighted by molar-refractivity contribution is 6.01. The number of ketones is 1. The minimum absolute atomic E-state index is 0.0152. The smallest absolute Gasteiger partial charge is 0.355 e. The minimum atomic E-state index is -0.761. The van der Waals surface area contributed by atoms with Gasteiger partial charge in [0.05, 0.1) is 0 Å². The Labute approximate surface area is 165 Å². The summed E-state index contributed by atoms with van der Waals surface area (Å²) >= 11 is 0. The predicted octanol–water partition coefficient (Wildman–Crippen LogP) is 4.10. The van der Waals surface area contributed by atoms with Crippen LogP contribution in [0.5, 0.6) is 0 Å². The van der Waals surface area contributed by atoms with E-state index < -0.39 is 18.5 Å². The Kier molecular flexibility index (Phi) is 7.69.